The molecule has 2 aromatic rings. The van der Waals surface area contributed by atoms with Crippen molar-refractivity contribution in [1.82, 2.24) is 0 Å². The Morgan fingerprint density at radius 2 is 1.76 bits per heavy atom. The first-order chi connectivity index (χ1) is 9.82. The van der Waals surface area contributed by atoms with Gasteiger partial charge in [0.15, 0.2) is 9.84 Å². The molecule has 1 N–H and O–H groups in total. The largest absolute Gasteiger partial charge is 0.440 e. The molecule has 0 amide bonds. The maximum atomic E-state index is 13.2. The summed E-state index contributed by atoms with van der Waals surface area (Å²) in [5.41, 5.74) is 0.364. The summed E-state index contributed by atoms with van der Waals surface area (Å²) in [6.07, 6.45) is 0. The first kappa shape index (κ1) is 15.7. The molecule has 0 spiro atoms. The van der Waals surface area contributed by atoms with Crippen molar-refractivity contribution in [1.29, 1.82) is 4.78 Å². The van der Waals surface area contributed by atoms with E-state index in [-0.39, 0.29) is 9.79 Å². The van der Waals surface area contributed by atoms with Gasteiger partial charge in [0.05, 0.1) is 10.1 Å². The van der Waals surface area contributed by atoms with Crippen LogP contribution in [0.25, 0.3) is 0 Å². The lowest BCUT2D eigenvalue weighted by molar-refractivity contribution is 0.584. The van der Waals surface area contributed by atoms with Crippen molar-refractivity contribution in [3.63, 3.8) is 0 Å². The highest BCUT2D eigenvalue weighted by molar-refractivity contribution is 7.91. The third-order valence-corrected chi connectivity index (χ3v) is 5.98. The van der Waals surface area contributed by atoms with Crippen molar-refractivity contribution in [2.75, 3.05) is 0 Å². The normalized spacial score (nSPS) is 13.3. The molecule has 0 saturated carbocycles. The maximum absolute atomic E-state index is 13.2. The Morgan fingerprint density at radius 3 is 2.29 bits per heavy atom. The van der Waals surface area contributed by atoms with Gasteiger partial charge >= 0.3 is 0 Å². The molecule has 21 heavy (non-hydrogen) atoms. The summed E-state index contributed by atoms with van der Waals surface area (Å²) in [4.78, 5) is 0.279. The molecule has 2 aromatic carbocycles. The van der Waals surface area contributed by atoms with E-state index in [1.165, 1.54) is 49.4 Å². The highest BCUT2D eigenvalue weighted by Crippen LogP contribution is 2.29. The van der Waals surface area contributed by atoms with Crippen LogP contribution in [0.1, 0.15) is 17.7 Å². The number of sulfone groups is 1. The van der Waals surface area contributed by atoms with Gasteiger partial charge in [0.25, 0.3) is 0 Å². The van der Waals surface area contributed by atoms with E-state index in [9.17, 15) is 17.0 Å². The summed E-state index contributed by atoms with van der Waals surface area (Å²) in [6, 6.07) is 10.8. The minimum absolute atomic E-state index is 0.0495. The molecule has 0 aromatic heterocycles. The van der Waals surface area contributed by atoms with Crippen LogP contribution in [0.4, 0.5) is 4.39 Å². The van der Waals surface area contributed by atoms with Crippen LogP contribution >= 0.6 is 0 Å². The fourth-order valence-corrected chi connectivity index (χ4v) is 3.71. The lowest BCUT2D eigenvalue weighted by Gasteiger charge is -2.14. The first-order valence-corrected chi connectivity index (χ1v) is 8.74. The molecule has 7 heteroatoms. The van der Waals surface area contributed by atoms with Crippen LogP contribution in [0.5, 0.6) is 0 Å². The van der Waals surface area contributed by atoms with Crippen LogP contribution in [-0.4, -0.2) is 8.42 Å². The third kappa shape index (κ3) is 3.30. The number of halogens is 1. The van der Waals surface area contributed by atoms with Crippen LogP contribution in [-0.2, 0) is 24.6 Å². The van der Waals surface area contributed by atoms with Gasteiger partial charge in [-0.05, 0) is 36.8 Å². The summed E-state index contributed by atoms with van der Waals surface area (Å²) in [7, 11) is -5.59. The summed E-state index contributed by atoms with van der Waals surface area (Å²) in [5.74, 6) is -0.491. The Kier molecular flexibility index (Phi) is 4.43. The topological polar surface area (TPSA) is 75.1 Å². The number of benzene rings is 2. The smallest absolute Gasteiger partial charge is 0.185 e. The van der Waals surface area contributed by atoms with Gasteiger partial charge < -0.3 is 8.99 Å². The van der Waals surface area contributed by atoms with E-state index in [1.54, 1.807) is 6.07 Å². The predicted octanol–water partition coefficient (Wildman–Crippen LogP) is 3.45. The Hall–Kier alpha value is -1.73. The summed E-state index contributed by atoms with van der Waals surface area (Å²) >= 11 is 0. The average Bonchev–Trinajstić information content (AvgIpc) is 2.46. The summed E-state index contributed by atoms with van der Waals surface area (Å²) in [6.45, 7) is 1.49. The molecule has 2 rings (SSSR count). The van der Waals surface area contributed by atoms with Crippen molar-refractivity contribution in [3.8, 4) is 0 Å². The average molecular weight is 326 g/mol. The number of nitrogens with one attached hydrogen (secondary N) is 1. The van der Waals surface area contributed by atoms with Crippen molar-refractivity contribution >= 4 is 20.4 Å². The minimum atomic E-state index is -3.68. The van der Waals surface area contributed by atoms with E-state index >= 15 is 0 Å². The van der Waals surface area contributed by atoms with Crippen LogP contribution in [0, 0.1) is 10.6 Å². The quantitative estimate of drug-likeness (QED) is 0.874. The molecule has 0 radical (unpaired) electrons. The van der Waals surface area contributed by atoms with Crippen LogP contribution in [0.2, 0.25) is 0 Å². The van der Waals surface area contributed by atoms with E-state index in [2.05, 4.69) is 0 Å². The Balaban J connectivity index is 2.41. The fourth-order valence-electron chi connectivity index (χ4n) is 1.90. The van der Waals surface area contributed by atoms with E-state index in [0.717, 1.165) is 0 Å². The lowest BCUT2D eigenvalue weighted by Crippen LogP contribution is -2.11. The lowest BCUT2D eigenvalue weighted by atomic mass is 10.2. The summed E-state index contributed by atoms with van der Waals surface area (Å²) < 4.78 is 56.2. The molecule has 4 nitrogen and oxygen atoms in total. The Labute approximate surface area is 124 Å². The van der Waals surface area contributed by atoms with Crippen LogP contribution < -0.4 is 0 Å². The van der Waals surface area contributed by atoms with Crippen molar-refractivity contribution < 1.29 is 17.0 Å². The second-order valence-electron chi connectivity index (χ2n) is 4.48. The molecule has 0 unspecified atom stereocenters. The Bertz CT molecular complexity index is 820. The number of hydrogen-bond donors (Lipinski definition) is 1. The van der Waals surface area contributed by atoms with Gasteiger partial charge in [0.2, 0.25) is 0 Å². The molecule has 0 bridgehead atoms. The molecule has 0 aliphatic rings. The third-order valence-electron chi connectivity index (χ3n) is 3.15. The fraction of sp³-hybridized carbons (Fsp3) is 0.143. The van der Waals surface area contributed by atoms with E-state index in [0.29, 0.717) is 5.56 Å². The molecule has 1 atom stereocenters. The van der Waals surface area contributed by atoms with Gasteiger partial charge in [0.1, 0.15) is 5.82 Å². The van der Waals surface area contributed by atoms with Crippen LogP contribution in [0.15, 0.2) is 58.3 Å². The standard InChI is InChI=1S/C14H13FNO3S2/c1-10(11-3-2-4-12(15)9-11)21(18,19)14-7-5-13(6-8-14)20(16)17/h2-10,16H,1H3/q-1/t10-/m1/s1. The van der Waals surface area contributed by atoms with Gasteiger partial charge in [-0.15, -0.1) is 0 Å². The van der Waals surface area contributed by atoms with Gasteiger partial charge in [-0.1, -0.05) is 29.2 Å². The highest BCUT2D eigenvalue weighted by atomic mass is 32.2. The predicted molar refractivity (Wildman–Crippen MR) is 77.5 cm³/mol. The zero-order chi connectivity index (χ0) is 15.6. The molecule has 0 heterocycles. The van der Waals surface area contributed by atoms with Gasteiger partial charge in [-0.25, -0.2) is 12.8 Å². The Morgan fingerprint density at radius 1 is 1.14 bits per heavy atom. The van der Waals surface area contributed by atoms with E-state index < -0.39 is 31.5 Å². The zero-order valence-electron chi connectivity index (χ0n) is 11.1. The van der Waals surface area contributed by atoms with E-state index in [4.69, 9.17) is 4.78 Å². The van der Waals surface area contributed by atoms with E-state index in [1.807, 2.05) is 0 Å². The molecular formula is C14H13FNO3S2-. The molecular weight excluding hydrogens is 313 g/mol. The zero-order valence-corrected chi connectivity index (χ0v) is 12.7. The second kappa shape index (κ2) is 5.95. The number of hydrogen-bond acceptors (Lipinski definition) is 5. The highest BCUT2D eigenvalue weighted by Gasteiger charge is 2.24. The maximum Gasteiger partial charge on any atom is 0.185 e. The van der Waals surface area contributed by atoms with Crippen molar-refractivity contribution in [2.45, 2.75) is 22.0 Å². The second-order valence-corrected chi connectivity index (χ2v) is 7.76. The summed E-state index contributed by atoms with van der Waals surface area (Å²) in [5, 5.41) is -0.902. The molecule has 0 fully saturated rings. The van der Waals surface area contributed by atoms with Gasteiger partial charge in [-0.2, -0.15) is 10.6 Å². The van der Waals surface area contributed by atoms with Crippen molar-refractivity contribution in [3.05, 3.63) is 59.9 Å². The van der Waals surface area contributed by atoms with Crippen molar-refractivity contribution in [2.24, 2.45) is 0 Å². The molecule has 0 saturated heterocycles. The molecule has 0 aliphatic heterocycles. The molecule has 112 valence electrons. The minimum Gasteiger partial charge on any atom is -0.440 e. The SMILES string of the molecule is C[C@H](c1cccc(F)c1)S(=O)(=O)c1ccc([S-](=N)=O)cc1. The van der Waals surface area contributed by atoms with Crippen LogP contribution in [0.3, 0.4) is 0 Å². The number of rotatable bonds is 4. The first-order valence-electron chi connectivity index (χ1n) is 6.05. The monoisotopic (exact) mass is 326 g/mol. The molecule has 0 aliphatic carbocycles. The van der Waals surface area contributed by atoms with Gasteiger partial charge in [-0.3, -0.25) is 0 Å². The van der Waals surface area contributed by atoms with Gasteiger partial charge in [0, 0.05) is 0 Å².